The van der Waals surface area contributed by atoms with Gasteiger partial charge in [-0.2, -0.15) is 0 Å². The molecule has 19 heavy (non-hydrogen) atoms. The predicted molar refractivity (Wildman–Crippen MR) is 84.5 cm³/mol. The van der Waals surface area contributed by atoms with Crippen LogP contribution in [0, 0.1) is 0 Å². The highest BCUT2D eigenvalue weighted by Crippen LogP contribution is 2.20. The summed E-state index contributed by atoms with van der Waals surface area (Å²) < 4.78 is 0. The maximum absolute atomic E-state index is 3.62. The molecule has 0 aromatic heterocycles. The minimum atomic E-state index is 0.436. The summed E-state index contributed by atoms with van der Waals surface area (Å²) in [5.41, 5.74) is 1.38. The lowest BCUT2D eigenvalue weighted by Crippen LogP contribution is -2.19. The topological polar surface area (TPSA) is 12.0 Å². The van der Waals surface area contributed by atoms with E-state index >= 15 is 0 Å². The number of unbranched alkanes of at least 4 members (excludes halogenated alkanes) is 3. The van der Waals surface area contributed by atoms with Crippen LogP contribution in [-0.4, -0.2) is 6.54 Å². The molecule has 1 heteroatoms. The number of hydrogen-bond acceptors (Lipinski definition) is 1. The number of nitrogens with one attached hydrogen (secondary N) is 1. The van der Waals surface area contributed by atoms with Crippen molar-refractivity contribution in [2.75, 3.05) is 6.54 Å². The highest BCUT2D eigenvalue weighted by Gasteiger charge is 2.04. The summed E-state index contributed by atoms with van der Waals surface area (Å²) in [6.07, 6.45) is 5.28. The molecule has 1 nitrogen and oxygen atoms in total. The summed E-state index contributed by atoms with van der Waals surface area (Å²) in [4.78, 5) is 0. The first-order valence-electron chi connectivity index (χ1n) is 7.53. The summed E-state index contributed by atoms with van der Waals surface area (Å²) in [5, 5.41) is 6.28. The monoisotopic (exact) mass is 255 g/mol. The van der Waals surface area contributed by atoms with Crippen molar-refractivity contribution in [3.05, 3.63) is 48.0 Å². The molecule has 102 valence electrons. The molecule has 1 N–H and O–H groups in total. The van der Waals surface area contributed by atoms with E-state index in [2.05, 4.69) is 61.6 Å². The van der Waals surface area contributed by atoms with Crippen LogP contribution in [0.5, 0.6) is 0 Å². The quantitative estimate of drug-likeness (QED) is 0.681. The van der Waals surface area contributed by atoms with E-state index in [4.69, 9.17) is 0 Å². The molecular weight excluding hydrogens is 230 g/mol. The van der Waals surface area contributed by atoms with Gasteiger partial charge in [-0.15, -0.1) is 0 Å². The predicted octanol–water partition coefficient (Wildman–Crippen LogP) is 5.07. The van der Waals surface area contributed by atoms with Crippen LogP contribution in [0.4, 0.5) is 0 Å². The van der Waals surface area contributed by atoms with Gasteiger partial charge < -0.3 is 5.32 Å². The summed E-state index contributed by atoms with van der Waals surface area (Å²) in [7, 11) is 0. The second kappa shape index (κ2) is 7.30. The van der Waals surface area contributed by atoms with Gasteiger partial charge in [0.1, 0.15) is 0 Å². The molecule has 2 aromatic rings. The largest absolute Gasteiger partial charge is 0.310 e. The molecule has 2 rings (SSSR count). The average molecular weight is 255 g/mol. The zero-order valence-corrected chi connectivity index (χ0v) is 12.2. The molecule has 0 amide bonds. The van der Waals surface area contributed by atoms with Gasteiger partial charge in [0.2, 0.25) is 0 Å². The van der Waals surface area contributed by atoms with Crippen molar-refractivity contribution in [2.24, 2.45) is 0 Å². The second-order valence-corrected chi connectivity index (χ2v) is 5.34. The first-order valence-corrected chi connectivity index (χ1v) is 7.53. The number of fused-ring (bicyclic) bond motifs is 1. The maximum Gasteiger partial charge on any atom is 0.0292 e. The molecule has 0 aliphatic rings. The van der Waals surface area contributed by atoms with Crippen molar-refractivity contribution in [3.8, 4) is 0 Å². The highest BCUT2D eigenvalue weighted by atomic mass is 14.9. The van der Waals surface area contributed by atoms with E-state index in [-0.39, 0.29) is 0 Å². The fraction of sp³-hybridized carbons (Fsp3) is 0.444. The Kier molecular flexibility index (Phi) is 5.41. The lowest BCUT2D eigenvalue weighted by atomic mass is 10.0. The first-order chi connectivity index (χ1) is 9.31. The third-order valence-corrected chi connectivity index (χ3v) is 3.75. The van der Waals surface area contributed by atoms with Gasteiger partial charge in [-0.1, -0.05) is 62.6 Å². The fourth-order valence-electron chi connectivity index (χ4n) is 2.47. The highest BCUT2D eigenvalue weighted by molar-refractivity contribution is 5.83. The smallest absolute Gasteiger partial charge is 0.0292 e. The number of hydrogen-bond donors (Lipinski definition) is 1. The summed E-state index contributed by atoms with van der Waals surface area (Å²) >= 11 is 0. The third-order valence-electron chi connectivity index (χ3n) is 3.75. The molecule has 1 atom stereocenters. The molecule has 0 saturated heterocycles. The van der Waals surface area contributed by atoms with Gasteiger partial charge in [-0.3, -0.25) is 0 Å². The summed E-state index contributed by atoms with van der Waals surface area (Å²) in [5.74, 6) is 0. The molecular formula is C18H25N. The lowest BCUT2D eigenvalue weighted by molar-refractivity contribution is 0.537. The molecule has 0 fully saturated rings. The molecule has 1 unspecified atom stereocenters. The van der Waals surface area contributed by atoms with Gasteiger partial charge in [0.15, 0.2) is 0 Å². The number of benzene rings is 2. The minimum Gasteiger partial charge on any atom is -0.310 e. The van der Waals surface area contributed by atoms with Crippen LogP contribution in [0.15, 0.2) is 42.5 Å². The Hall–Kier alpha value is -1.34. The van der Waals surface area contributed by atoms with Crippen molar-refractivity contribution in [1.29, 1.82) is 0 Å². The van der Waals surface area contributed by atoms with Crippen molar-refractivity contribution < 1.29 is 0 Å². The van der Waals surface area contributed by atoms with Gasteiger partial charge in [0.25, 0.3) is 0 Å². The molecule has 0 radical (unpaired) electrons. The van der Waals surface area contributed by atoms with Crippen molar-refractivity contribution >= 4 is 10.8 Å². The Morgan fingerprint density at radius 2 is 1.74 bits per heavy atom. The van der Waals surface area contributed by atoms with E-state index in [1.807, 2.05) is 0 Å². The zero-order valence-electron chi connectivity index (χ0n) is 12.2. The van der Waals surface area contributed by atoms with Crippen molar-refractivity contribution in [1.82, 2.24) is 5.32 Å². The molecule has 0 aliphatic carbocycles. The van der Waals surface area contributed by atoms with Crippen LogP contribution in [-0.2, 0) is 0 Å². The Bertz CT molecular complexity index is 504. The van der Waals surface area contributed by atoms with Crippen LogP contribution in [0.1, 0.15) is 51.1 Å². The Labute approximate surface area is 117 Å². The summed E-state index contributed by atoms with van der Waals surface area (Å²) in [6.45, 7) is 5.63. The Morgan fingerprint density at radius 3 is 2.53 bits per heavy atom. The molecule has 0 bridgehead atoms. The van der Waals surface area contributed by atoms with Gasteiger partial charge in [-0.05, 0) is 42.3 Å². The third kappa shape index (κ3) is 4.07. The van der Waals surface area contributed by atoms with E-state index in [1.165, 1.54) is 42.0 Å². The molecule has 0 aliphatic heterocycles. The summed E-state index contributed by atoms with van der Waals surface area (Å²) in [6, 6.07) is 15.8. The van der Waals surface area contributed by atoms with Crippen molar-refractivity contribution in [3.63, 3.8) is 0 Å². The van der Waals surface area contributed by atoms with Crippen LogP contribution in [0.3, 0.4) is 0 Å². The SMILES string of the molecule is CCCCCCNC(C)c1ccc2ccccc2c1. The normalized spacial score (nSPS) is 12.7. The van der Waals surface area contributed by atoms with E-state index in [0.29, 0.717) is 6.04 Å². The van der Waals surface area contributed by atoms with E-state index in [1.54, 1.807) is 0 Å². The molecule has 0 heterocycles. The Morgan fingerprint density at radius 1 is 0.947 bits per heavy atom. The standard InChI is InChI=1S/C18H25N/c1-3-4-5-8-13-19-15(2)17-12-11-16-9-6-7-10-18(16)14-17/h6-7,9-12,14-15,19H,3-5,8,13H2,1-2H3. The molecule has 0 spiro atoms. The van der Waals surface area contributed by atoms with E-state index in [9.17, 15) is 0 Å². The molecule has 2 aromatic carbocycles. The fourth-order valence-corrected chi connectivity index (χ4v) is 2.47. The molecule has 0 saturated carbocycles. The average Bonchev–Trinajstić information content (AvgIpc) is 2.46. The van der Waals surface area contributed by atoms with Crippen LogP contribution in [0.2, 0.25) is 0 Å². The van der Waals surface area contributed by atoms with Crippen LogP contribution >= 0.6 is 0 Å². The van der Waals surface area contributed by atoms with Crippen molar-refractivity contribution in [2.45, 2.75) is 45.6 Å². The zero-order chi connectivity index (χ0) is 13.5. The minimum absolute atomic E-state index is 0.436. The van der Waals surface area contributed by atoms with Crippen LogP contribution in [0.25, 0.3) is 10.8 Å². The van der Waals surface area contributed by atoms with Gasteiger partial charge >= 0.3 is 0 Å². The lowest BCUT2D eigenvalue weighted by Gasteiger charge is -2.15. The first kappa shape index (κ1) is 14.1. The van der Waals surface area contributed by atoms with Crippen LogP contribution < -0.4 is 5.32 Å². The van der Waals surface area contributed by atoms with Gasteiger partial charge in [-0.25, -0.2) is 0 Å². The Balaban J connectivity index is 1.91. The van der Waals surface area contributed by atoms with Gasteiger partial charge in [0, 0.05) is 6.04 Å². The number of rotatable bonds is 7. The van der Waals surface area contributed by atoms with E-state index < -0.39 is 0 Å². The second-order valence-electron chi connectivity index (χ2n) is 5.34. The van der Waals surface area contributed by atoms with E-state index in [0.717, 1.165) is 6.54 Å². The van der Waals surface area contributed by atoms with Gasteiger partial charge in [0.05, 0.1) is 0 Å². The maximum atomic E-state index is 3.62.